The molecular formula is C19H34FN5O. The molecule has 0 aromatic carbocycles. The van der Waals surface area contributed by atoms with E-state index in [1.165, 1.54) is 6.42 Å². The van der Waals surface area contributed by atoms with Crippen molar-refractivity contribution in [3.05, 3.63) is 0 Å². The fourth-order valence-electron chi connectivity index (χ4n) is 5.84. The SMILES string of the molecule is CC1CCC(F)C2CC(C(=O)NC3CCCC(C4CNNC4N)C3)NC12. The molecule has 0 aromatic rings. The number of nitrogens with two attached hydrogens (primary N) is 1. The standard InChI is InChI=1S/C19H34FN5O/c1-10-5-6-15(20)13-8-16(24-17(10)13)19(26)23-12-4-2-3-11(7-12)14-9-22-25-18(14)21/h10-18,22,24-25H,2-9,21H2,1H3,(H,23,26). The van der Waals surface area contributed by atoms with Gasteiger partial charge in [-0.1, -0.05) is 13.3 Å². The Morgan fingerprint density at radius 3 is 2.73 bits per heavy atom. The van der Waals surface area contributed by atoms with Gasteiger partial charge < -0.3 is 16.4 Å². The van der Waals surface area contributed by atoms with E-state index in [9.17, 15) is 9.18 Å². The van der Waals surface area contributed by atoms with Gasteiger partial charge in [-0.05, 0) is 50.4 Å². The lowest BCUT2D eigenvalue weighted by molar-refractivity contribution is -0.124. The Labute approximate surface area is 155 Å². The van der Waals surface area contributed by atoms with Crippen molar-refractivity contribution < 1.29 is 9.18 Å². The Morgan fingerprint density at radius 1 is 1.15 bits per heavy atom. The van der Waals surface area contributed by atoms with E-state index in [4.69, 9.17) is 5.73 Å². The lowest BCUT2D eigenvalue weighted by Crippen LogP contribution is -2.50. The predicted octanol–water partition coefficient (Wildman–Crippen LogP) is 0.785. The van der Waals surface area contributed by atoms with Crippen LogP contribution >= 0.6 is 0 Å². The molecule has 9 atom stereocenters. The van der Waals surface area contributed by atoms with Crippen molar-refractivity contribution in [1.29, 1.82) is 0 Å². The summed E-state index contributed by atoms with van der Waals surface area (Å²) in [6.45, 7) is 3.07. The molecular weight excluding hydrogens is 333 g/mol. The number of fused-ring (bicyclic) bond motifs is 1. The van der Waals surface area contributed by atoms with Crippen molar-refractivity contribution in [3.8, 4) is 0 Å². The van der Waals surface area contributed by atoms with Gasteiger partial charge in [0.15, 0.2) is 0 Å². The van der Waals surface area contributed by atoms with Crippen molar-refractivity contribution in [2.24, 2.45) is 29.4 Å². The van der Waals surface area contributed by atoms with Crippen LogP contribution in [0.3, 0.4) is 0 Å². The summed E-state index contributed by atoms with van der Waals surface area (Å²) in [4.78, 5) is 12.8. The number of amides is 1. The molecule has 0 aromatic heterocycles. The van der Waals surface area contributed by atoms with Gasteiger partial charge in [-0.3, -0.25) is 10.2 Å². The third-order valence-electron chi connectivity index (χ3n) is 7.39. The second-order valence-electron chi connectivity index (χ2n) is 9.06. The number of alkyl halides is 1. The normalized spacial score (nSPS) is 49.0. The minimum Gasteiger partial charge on any atom is -0.352 e. The molecule has 2 saturated heterocycles. The Kier molecular flexibility index (Phi) is 5.51. The summed E-state index contributed by atoms with van der Waals surface area (Å²) in [5, 5.41) is 6.71. The van der Waals surface area contributed by atoms with Crippen LogP contribution in [0.1, 0.15) is 51.9 Å². The highest BCUT2D eigenvalue weighted by Gasteiger charge is 2.46. The van der Waals surface area contributed by atoms with E-state index in [-0.39, 0.29) is 36.1 Å². The average Bonchev–Trinajstić information content (AvgIpc) is 3.26. The number of carbonyl (C=O) groups is 1. The molecule has 4 rings (SSSR count). The van der Waals surface area contributed by atoms with E-state index in [0.717, 1.165) is 32.2 Å². The van der Waals surface area contributed by atoms with Gasteiger partial charge in [0.1, 0.15) is 6.17 Å². The first-order chi connectivity index (χ1) is 12.5. The highest BCUT2D eigenvalue weighted by molar-refractivity contribution is 5.82. The van der Waals surface area contributed by atoms with Crippen LogP contribution in [0.15, 0.2) is 0 Å². The zero-order valence-electron chi connectivity index (χ0n) is 15.7. The summed E-state index contributed by atoms with van der Waals surface area (Å²) >= 11 is 0. The van der Waals surface area contributed by atoms with E-state index >= 15 is 0 Å². The van der Waals surface area contributed by atoms with E-state index in [2.05, 4.69) is 28.4 Å². The van der Waals surface area contributed by atoms with Crippen LogP contribution in [-0.2, 0) is 4.79 Å². The Bertz CT molecular complexity index is 502. The summed E-state index contributed by atoms with van der Waals surface area (Å²) in [6.07, 6.45) is 5.78. The predicted molar refractivity (Wildman–Crippen MR) is 98.6 cm³/mol. The van der Waals surface area contributed by atoms with Crippen LogP contribution in [0.5, 0.6) is 0 Å². The fraction of sp³-hybridized carbons (Fsp3) is 0.947. The summed E-state index contributed by atoms with van der Waals surface area (Å²) < 4.78 is 14.3. The molecule has 6 nitrogen and oxygen atoms in total. The Hall–Kier alpha value is -0.760. The average molecular weight is 368 g/mol. The van der Waals surface area contributed by atoms with Gasteiger partial charge in [0.2, 0.25) is 5.91 Å². The fourth-order valence-corrected chi connectivity index (χ4v) is 5.84. The minimum absolute atomic E-state index is 0.00207. The number of hydrogen-bond donors (Lipinski definition) is 5. The number of hydrogen-bond acceptors (Lipinski definition) is 5. The number of nitrogens with one attached hydrogen (secondary N) is 4. The third-order valence-corrected chi connectivity index (χ3v) is 7.39. The maximum absolute atomic E-state index is 14.3. The molecule has 26 heavy (non-hydrogen) atoms. The third kappa shape index (κ3) is 3.63. The number of halogens is 1. The first kappa shape index (κ1) is 18.6. The molecule has 1 amide bonds. The smallest absolute Gasteiger partial charge is 0.237 e. The molecule has 0 bridgehead atoms. The number of carbonyl (C=O) groups excluding carboxylic acids is 1. The number of rotatable bonds is 3. The molecule has 2 saturated carbocycles. The summed E-state index contributed by atoms with van der Waals surface area (Å²) in [6, 6.07) is 0.139. The van der Waals surface area contributed by atoms with Crippen molar-refractivity contribution in [2.45, 2.75) is 82.3 Å². The van der Waals surface area contributed by atoms with Crippen molar-refractivity contribution in [3.63, 3.8) is 0 Å². The Morgan fingerprint density at radius 2 is 2.00 bits per heavy atom. The van der Waals surface area contributed by atoms with Crippen LogP contribution in [0, 0.1) is 23.7 Å². The van der Waals surface area contributed by atoms with Crippen LogP contribution < -0.4 is 27.2 Å². The van der Waals surface area contributed by atoms with Gasteiger partial charge >= 0.3 is 0 Å². The molecule has 7 heteroatoms. The largest absolute Gasteiger partial charge is 0.352 e. The maximum Gasteiger partial charge on any atom is 0.237 e. The van der Waals surface area contributed by atoms with Crippen molar-refractivity contribution in [2.75, 3.05) is 6.54 Å². The van der Waals surface area contributed by atoms with E-state index in [0.29, 0.717) is 30.6 Å². The van der Waals surface area contributed by atoms with Crippen molar-refractivity contribution in [1.82, 2.24) is 21.5 Å². The van der Waals surface area contributed by atoms with Crippen LogP contribution in [-0.4, -0.2) is 42.9 Å². The molecule has 4 fully saturated rings. The van der Waals surface area contributed by atoms with Gasteiger partial charge in [-0.2, -0.15) is 0 Å². The first-order valence-electron chi connectivity index (χ1n) is 10.5. The Balaban J connectivity index is 1.32. The van der Waals surface area contributed by atoms with E-state index < -0.39 is 6.17 Å². The zero-order chi connectivity index (χ0) is 18.3. The van der Waals surface area contributed by atoms with Crippen LogP contribution in [0.2, 0.25) is 0 Å². The maximum atomic E-state index is 14.3. The molecule has 0 radical (unpaired) electrons. The molecule has 2 heterocycles. The molecule has 148 valence electrons. The van der Waals surface area contributed by atoms with Crippen LogP contribution in [0.25, 0.3) is 0 Å². The van der Waals surface area contributed by atoms with Gasteiger partial charge in [0.25, 0.3) is 0 Å². The highest BCUT2D eigenvalue weighted by atomic mass is 19.1. The van der Waals surface area contributed by atoms with Gasteiger partial charge in [-0.25, -0.2) is 9.82 Å². The van der Waals surface area contributed by atoms with Gasteiger partial charge in [-0.15, -0.1) is 0 Å². The highest BCUT2D eigenvalue weighted by Crippen LogP contribution is 2.39. The summed E-state index contributed by atoms with van der Waals surface area (Å²) in [5.74, 6) is 1.49. The number of hydrazine groups is 1. The molecule has 0 spiro atoms. The van der Waals surface area contributed by atoms with Gasteiger partial charge in [0, 0.05) is 30.5 Å². The van der Waals surface area contributed by atoms with Gasteiger partial charge in [0.05, 0.1) is 12.2 Å². The second kappa shape index (κ2) is 7.70. The van der Waals surface area contributed by atoms with Crippen LogP contribution in [0.4, 0.5) is 4.39 Å². The van der Waals surface area contributed by atoms with E-state index in [1.807, 2.05) is 0 Å². The lowest BCUT2D eigenvalue weighted by Gasteiger charge is -2.34. The molecule has 9 unspecified atom stereocenters. The lowest BCUT2D eigenvalue weighted by atomic mass is 9.77. The molecule has 2 aliphatic heterocycles. The quantitative estimate of drug-likeness (QED) is 0.509. The summed E-state index contributed by atoms with van der Waals surface area (Å²) in [5.41, 5.74) is 12.4. The molecule has 2 aliphatic carbocycles. The molecule has 6 N–H and O–H groups in total. The minimum atomic E-state index is -0.760. The molecule has 4 aliphatic rings. The second-order valence-corrected chi connectivity index (χ2v) is 9.06. The van der Waals surface area contributed by atoms with E-state index in [1.54, 1.807) is 0 Å². The zero-order valence-corrected chi connectivity index (χ0v) is 15.7. The first-order valence-corrected chi connectivity index (χ1v) is 10.5. The monoisotopic (exact) mass is 367 g/mol. The van der Waals surface area contributed by atoms with Crippen molar-refractivity contribution >= 4 is 5.91 Å². The topological polar surface area (TPSA) is 91.2 Å². The summed E-state index contributed by atoms with van der Waals surface area (Å²) in [7, 11) is 0.